The highest BCUT2D eigenvalue weighted by molar-refractivity contribution is 8.68. The van der Waals surface area contributed by atoms with E-state index in [0.717, 1.165) is 26.2 Å². The number of anilines is 1. The van der Waals surface area contributed by atoms with E-state index in [0.29, 0.717) is 0 Å². The predicted octanol–water partition coefficient (Wildman–Crippen LogP) is 2.03. The average molecular weight is 226 g/mol. The zero-order chi connectivity index (χ0) is 9.80. The van der Waals surface area contributed by atoms with E-state index in [-0.39, 0.29) is 0 Å². The van der Waals surface area contributed by atoms with E-state index in [1.165, 1.54) is 21.4 Å². The largest absolute Gasteiger partial charge is 0.369 e. The molecule has 0 bridgehead atoms. The van der Waals surface area contributed by atoms with Gasteiger partial charge in [0.25, 0.3) is 0 Å². The lowest BCUT2D eigenvalue weighted by atomic mass is 10.2. The first-order valence-electron chi connectivity index (χ1n) is 4.77. The van der Waals surface area contributed by atoms with Crippen molar-refractivity contribution < 1.29 is 0 Å². The molecule has 14 heavy (non-hydrogen) atoms. The van der Waals surface area contributed by atoms with Crippen LogP contribution < -0.4 is 10.2 Å². The maximum absolute atomic E-state index is 4.16. The summed E-state index contributed by atoms with van der Waals surface area (Å²) in [6, 6.07) is 8.58. The van der Waals surface area contributed by atoms with Crippen molar-refractivity contribution in [3.63, 3.8) is 0 Å². The van der Waals surface area contributed by atoms with Crippen molar-refractivity contribution in [3.05, 3.63) is 24.3 Å². The van der Waals surface area contributed by atoms with Crippen molar-refractivity contribution >= 4 is 28.1 Å². The molecule has 1 fully saturated rings. The summed E-state index contributed by atoms with van der Waals surface area (Å²) in [5, 5.41) is 3.35. The Hall–Kier alpha value is -0.320. The molecular weight excluding hydrogens is 212 g/mol. The van der Waals surface area contributed by atoms with Gasteiger partial charge in [-0.3, -0.25) is 0 Å². The molecule has 0 spiro atoms. The van der Waals surface area contributed by atoms with Crippen LogP contribution >= 0.6 is 22.5 Å². The van der Waals surface area contributed by atoms with Gasteiger partial charge in [-0.2, -0.15) is 0 Å². The van der Waals surface area contributed by atoms with Crippen LogP contribution in [0.25, 0.3) is 0 Å². The highest BCUT2D eigenvalue weighted by atomic mass is 33.1. The van der Waals surface area contributed by atoms with Crippen LogP contribution in [0, 0.1) is 0 Å². The highest BCUT2D eigenvalue weighted by Crippen LogP contribution is 2.24. The molecule has 0 aromatic heterocycles. The van der Waals surface area contributed by atoms with Crippen LogP contribution in [0.2, 0.25) is 0 Å². The van der Waals surface area contributed by atoms with E-state index in [9.17, 15) is 0 Å². The van der Waals surface area contributed by atoms with Crippen molar-refractivity contribution in [1.82, 2.24) is 5.32 Å². The Balaban J connectivity index is 2.07. The second-order valence-electron chi connectivity index (χ2n) is 3.32. The van der Waals surface area contributed by atoms with E-state index in [1.54, 1.807) is 0 Å². The van der Waals surface area contributed by atoms with Crippen LogP contribution in [0.5, 0.6) is 0 Å². The summed E-state index contributed by atoms with van der Waals surface area (Å²) in [6.07, 6.45) is 0. The van der Waals surface area contributed by atoms with Crippen molar-refractivity contribution in [1.29, 1.82) is 0 Å². The van der Waals surface area contributed by atoms with Gasteiger partial charge in [0.2, 0.25) is 0 Å². The molecule has 1 heterocycles. The molecule has 0 amide bonds. The number of thiol groups is 1. The monoisotopic (exact) mass is 226 g/mol. The Morgan fingerprint density at radius 2 is 1.79 bits per heavy atom. The van der Waals surface area contributed by atoms with Crippen LogP contribution in [-0.4, -0.2) is 26.2 Å². The van der Waals surface area contributed by atoms with Crippen LogP contribution in [0.15, 0.2) is 29.2 Å². The molecule has 2 nitrogen and oxygen atoms in total. The molecule has 4 heteroatoms. The van der Waals surface area contributed by atoms with Gasteiger partial charge < -0.3 is 10.2 Å². The Kier molecular flexibility index (Phi) is 3.61. The molecule has 2 rings (SSSR count). The third-order valence-electron chi connectivity index (χ3n) is 2.42. The standard InChI is InChI=1S/C10H14N2S2/c13-14-10-3-1-9(2-4-10)12-7-5-11-6-8-12/h1-4,11,13H,5-8H2. The first-order valence-corrected chi connectivity index (χ1v) is 6.64. The van der Waals surface area contributed by atoms with Gasteiger partial charge >= 0.3 is 0 Å². The number of nitrogens with one attached hydrogen (secondary N) is 1. The third kappa shape index (κ3) is 2.38. The second kappa shape index (κ2) is 4.96. The van der Waals surface area contributed by atoms with Crippen molar-refractivity contribution in [2.24, 2.45) is 0 Å². The number of nitrogens with zero attached hydrogens (tertiary/aromatic N) is 1. The number of hydrogen-bond donors (Lipinski definition) is 2. The Morgan fingerprint density at radius 1 is 1.14 bits per heavy atom. The van der Waals surface area contributed by atoms with Crippen molar-refractivity contribution in [2.45, 2.75) is 4.90 Å². The summed E-state index contributed by atoms with van der Waals surface area (Å²) in [7, 11) is 1.49. The van der Waals surface area contributed by atoms with Crippen LogP contribution in [0.4, 0.5) is 5.69 Å². The Bertz CT molecular complexity index is 281. The SMILES string of the molecule is SSc1ccc(N2CCNCC2)cc1. The van der Waals surface area contributed by atoms with E-state index >= 15 is 0 Å². The summed E-state index contributed by atoms with van der Waals surface area (Å²) in [6.45, 7) is 4.38. The molecule has 0 atom stereocenters. The van der Waals surface area contributed by atoms with Gasteiger partial charge in [0.05, 0.1) is 0 Å². The lowest BCUT2D eigenvalue weighted by Gasteiger charge is -2.29. The molecule has 1 aromatic rings. The minimum atomic E-state index is 1.09. The number of benzene rings is 1. The fourth-order valence-electron chi connectivity index (χ4n) is 1.64. The normalized spacial score (nSPS) is 17.1. The second-order valence-corrected chi connectivity index (χ2v) is 4.52. The summed E-state index contributed by atoms with van der Waals surface area (Å²) >= 11 is 4.16. The fraction of sp³-hybridized carbons (Fsp3) is 0.400. The number of rotatable bonds is 2. The van der Waals surface area contributed by atoms with Crippen LogP contribution in [0.3, 0.4) is 0 Å². The lowest BCUT2D eigenvalue weighted by molar-refractivity contribution is 0.589. The van der Waals surface area contributed by atoms with Gasteiger partial charge in [-0.15, -0.1) is 11.7 Å². The van der Waals surface area contributed by atoms with Crippen LogP contribution in [0.1, 0.15) is 0 Å². The van der Waals surface area contributed by atoms with Gasteiger partial charge in [-0.1, -0.05) is 10.8 Å². The fourth-order valence-corrected chi connectivity index (χ4v) is 2.26. The molecule has 1 saturated heterocycles. The van der Waals surface area contributed by atoms with Gasteiger partial charge in [0.1, 0.15) is 0 Å². The van der Waals surface area contributed by atoms with Gasteiger partial charge in [0.15, 0.2) is 0 Å². The zero-order valence-corrected chi connectivity index (χ0v) is 9.65. The first-order chi connectivity index (χ1) is 6.90. The molecule has 76 valence electrons. The molecule has 1 aliphatic rings. The maximum Gasteiger partial charge on any atom is 0.0367 e. The zero-order valence-electron chi connectivity index (χ0n) is 7.94. The maximum atomic E-state index is 4.16. The highest BCUT2D eigenvalue weighted by Gasteiger charge is 2.09. The number of hydrogen-bond acceptors (Lipinski definition) is 4. The van der Waals surface area contributed by atoms with Crippen molar-refractivity contribution in [3.8, 4) is 0 Å². The van der Waals surface area contributed by atoms with Crippen LogP contribution in [-0.2, 0) is 0 Å². The molecule has 0 unspecified atom stereocenters. The Labute approximate surface area is 93.9 Å². The topological polar surface area (TPSA) is 15.3 Å². The molecule has 0 saturated carbocycles. The summed E-state index contributed by atoms with van der Waals surface area (Å²) < 4.78 is 0. The van der Waals surface area contributed by atoms with Gasteiger partial charge in [0, 0.05) is 36.8 Å². The molecule has 0 radical (unpaired) electrons. The van der Waals surface area contributed by atoms with Gasteiger partial charge in [-0.25, -0.2) is 0 Å². The third-order valence-corrected chi connectivity index (χ3v) is 3.54. The minimum absolute atomic E-state index is 1.09. The van der Waals surface area contributed by atoms with Crippen molar-refractivity contribution in [2.75, 3.05) is 31.1 Å². The lowest BCUT2D eigenvalue weighted by Crippen LogP contribution is -2.43. The summed E-state index contributed by atoms with van der Waals surface area (Å²) in [5.74, 6) is 0. The summed E-state index contributed by atoms with van der Waals surface area (Å²) in [4.78, 5) is 3.61. The quantitative estimate of drug-likeness (QED) is 0.593. The average Bonchev–Trinajstić information content (AvgIpc) is 2.30. The van der Waals surface area contributed by atoms with E-state index in [1.807, 2.05) is 0 Å². The minimum Gasteiger partial charge on any atom is -0.369 e. The molecule has 1 N–H and O–H groups in total. The molecule has 0 aliphatic carbocycles. The molecule has 1 aromatic carbocycles. The van der Waals surface area contributed by atoms with E-state index in [2.05, 4.69) is 46.1 Å². The summed E-state index contributed by atoms with van der Waals surface area (Å²) in [5.41, 5.74) is 1.32. The molecular formula is C10H14N2S2. The smallest absolute Gasteiger partial charge is 0.0367 e. The number of piperazine rings is 1. The van der Waals surface area contributed by atoms with E-state index in [4.69, 9.17) is 0 Å². The molecule has 1 aliphatic heterocycles. The first kappa shape index (κ1) is 10.2. The van der Waals surface area contributed by atoms with E-state index < -0.39 is 0 Å². The Morgan fingerprint density at radius 3 is 2.36 bits per heavy atom. The predicted molar refractivity (Wildman–Crippen MR) is 66.4 cm³/mol. The van der Waals surface area contributed by atoms with Gasteiger partial charge in [-0.05, 0) is 24.3 Å².